The number of nitrogens with zero attached hydrogens (tertiary/aromatic N) is 2. The first-order valence-corrected chi connectivity index (χ1v) is 8.21. The third kappa shape index (κ3) is 5.16. The molecule has 1 amide bonds. The molecule has 1 aromatic heterocycles. The van der Waals surface area contributed by atoms with E-state index in [1.165, 1.54) is 5.56 Å². The topological polar surface area (TPSA) is 33.2 Å². The van der Waals surface area contributed by atoms with Crippen LogP contribution < -0.4 is 0 Å². The summed E-state index contributed by atoms with van der Waals surface area (Å²) in [7, 11) is 0. The van der Waals surface area contributed by atoms with Gasteiger partial charge in [-0.25, -0.2) is 0 Å². The summed E-state index contributed by atoms with van der Waals surface area (Å²) >= 11 is 1.70. The summed E-state index contributed by atoms with van der Waals surface area (Å²) in [4.78, 5) is 18.5. The molecule has 0 N–H and O–H groups in total. The zero-order valence-corrected chi connectivity index (χ0v) is 14.0. The number of hydrogen-bond donors (Lipinski definition) is 0. The minimum Gasteiger partial charge on any atom is -0.335 e. The fraction of sp³-hybridized carbons (Fsp3) is 0.625. The Labute approximate surface area is 127 Å². The first-order chi connectivity index (χ1) is 9.39. The van der Waals surface area contributed by atoms with Crippen molar-refractivity contribution in [1.82, 2.24) is 9.88 Å². The van der Waals surface area contributed by atoms with Crippen LogP contribution in [0.1, 0.15) is 52.6 Å². The van der Waals surface area contributed by atoms with Gasteiger partial charge in [0.2, 0.25) is 5.91 Å². The SMILES string of the molecule is CC[C@@H](c1ccncc1)N(CC)C(=O)CSC(C)(C)C. The van der Waals surface area contributed by atoms with Gasteiger partial charge in [0.1, 0.15) is 0 Å². The van der Waals surface area contributed by atoms with Crippen LogP contribution in [0, 0.1) is 0 Å². The van der Waals surface area contributed by atoms with Crippen molar-refractivity contribution in [3.63, 3.8) is 0 Å². The predicted octanol–water partition coefficient (Wildman–Crippen LogP) is 3.91. The van der Waals surface area contributed by atoms with Gasteiger partial charge in [-0.3, -0.25) is 9.78 Å². The molecule has 3 nitrogen and oxygen atoms in total. The maximum atomic E-state index is 12.5. The third-order valence-corrected chi connectivity index (χ3v) is 4.40. The van der Waals surface area contributed by atoms with Crippen LogP contribution in [0.3, 0.4) is 0 Å². The lowest BCUT2D eigenvalue weighted by atomic mass is 10.0. The van der Waals surface area contributed by atoms with Crippen molar-refractivity contribution in [2.75, 3.05) is 12.3 Å². The monoisotopic (exact) mass is 294 g/mol. The van der Waals surface area contributed by atoms with E-state index < -0.39 is 0 Å². The lowest BCUT2D eigenvalue weighted by molar-refractivity contribution is -0.130. The number of thioether (sulfide) groups is 1. The second-order valence-electron chi connectivity index (χ2n) is 5.79. The number of aromatic nitrogens is 1. The molecular formula is C16H26N2OS. The van der Waals surface area contributed by atoms with Crippen molar-refractivity contribution in [3.05, 3.63) is 30.1 Å². The van der Waals surface area contributed by atoms with E-state index in [2.05, 4.69) is 32.7 Å². The van der Waals surface area contributed by atoms with E-state index in [0.29, 0.717) is 5.75 Å². The molecule has 0 spiro atoms. The van der Waals surface area contributed by atoms with Crippen molar-refractivity contribution in [1.29, 1.82) is 0 Å². The van der Waals surface area contributed by atoms with E-state index in [1.807, 2.05) is 24.0 Å². The largest absolute Gasteiger partial charge is 0.335 e. The van der Waals surface area contributed by atoms with Gasteiger partial charge in [-0.2, -0.15) is 0 Å². The lowest BCUT2D eigenvalue weighted by Crippen LogP contribution is -2.36. The zero-order valence-electron chi connectivity index (χ0n) is 13.2. The predicted molar refractivity (Wildman–Crippen MR) is 86.9 cm³/mol. The Balaban J connectivity index is 2.79. The molecule has 1 aromatic rings. The molecule has 0 aliphatic carbocycles. The van der Waals surface area contributed by atoms with Gasteiger partial charge in [0, 0.05) is 23.7 Å². The van der Waals surface area contributed by atoms with E-state index in [-0.39, 0.29) is 16.7 Å². The molecule has 0 bridgehead atoms. The molecule has 0 saturated heterocycles. The Morgan fingerprint density at radius 2 is 1.90 bits per heavy atom. The Kier molecular flexibility index (Phi) is 6.53. The number of amides is 1. The normalized spacial score (nSPS) is 13.1. The highest BCUT2D eigenvalue weighted by Crippen LogP contribution is 2.27. The summed E-state index contributed by atoms with van der Waals surface area (Å²) < 4.78 is 0.119. The highest BCUT2D eigenvalue weighted by molar-refractivity contribution is 8.01. The third-order valence-electron chi connectivity index (χ3n) is 3.14. The minimum absolute atomic E-state index is 0.119. The highest BCUT2D eigenvalue weighted by Gasteiger charge is 2.23. The molecule has 1 heterocycles. The smallest absolute Gasteiger partial charge is 0.233 e. The molecule has 1 rings (SSSR count). The van der Waals surface area contributed by atoms with Crippen molar-refractivity contribution >= 4 is 17.7 Å². The Morgan fingerprint density at radius 3 is 2.35 bits per heavy atom. The zero-order chi connectivity index (χ0) is 15.2. The van der Waals surface area contributed by atoms with E-state index in [0.717, 1.165) is 13.0 Å². The Bertz CT molecular complexity index is 414. The number of carbonyl (C=O) groups is 1. The van der Waals surface area contributed by atoms with Gasteiger partial charge in [0.15, 0.2) is 0 Å². The molecule has 0 aliphatic rings. The van der Waals surface area contributed by atoms with Crippen LogP contribution in [-0.4, -0.2) is 32.8 Å². The van der Waals surface area contributed by atoms with Gasteiger partial charge < -0.3 is 4.90 Å². The van der Waals surface area contributed by atoms with E-state index in [4.69, 9.17) is 0 Å². The average molecular weight is 294 g/mol. The number of hydrogen-bond acceptors (Lipinski definition) is 3. The summed E-state index contributed by atoms with van der Waals surface area (Å²) in [6.07, 6.45) is 4.50. The molecule has 112 valence electrons. The van der Waals surface area contributed by atoms with Crippen LogP contribution >= 0.6 is 11.8 Å². The fourth-order valence-corrected chi connectivity index (χ4v) is 2.88. The van der Waals surface area contributed by atoms with Crippen LogP contribution in [0.15, 0.2) is 24.5 Å². The summed E-state index contributed by atoms with van der Waals surface area (Å²) in [6.45, 7) is 11.3. The molecular weight excluding hydrogens is 268 g/mol. The second-order valence-corrected chi connectivity index (χ2v) is 7.59. The van der Waals surface area contributed by atoms with Gasteiger partial charge in [-0.05, 0) is 31.0 Å². The number of carbonyl (C=O) groups excluding carboxylic acids is 1. The molecule has 1 atom stereocenters. The molecule has 20 heavy (non-hydrogen) atoms. The van der Waals surface area contributed by atoms with Gasteiger partial charge in [0.25, 0.3) is 0 Å². The minimum atomic E-state index is 0.119. The molecule has 0 aliphatic heterocycles. The summed E-state index contributed by atoms with van der Waals surface area (Å²) in [5, 5.41) is 0. The van der Waals surface area contributed by atoms with E-state index in [9.17, 15) is 4.79 Å². The van der Waals surface area contributed by atoms with Crippen LogP contribution in [0.25, 0.3) is 0 Å². The van der Waals surface area contributed by atoms with Crippen LogP contribution in [0.2, 0.25) is 0 Å². The highest BCUT2D eigenvalue weighted by atomic mass is 32.2. The molecule has 0 radical (unpaired) electrons. The van der Waals surface area contributed by atoms with Gasteiger partial charge in [0.05, 0.1) is 11.8 Å². The molecule has 0 saturated carbocycles. The Morgan fingerprint density at radius 1 is 1.30 bits per heavy atom. The first kappa shape index (κ1) is 17.0. The maximum absolute atomic E-state index is 12.5. The quantitative estimate of drug-likeness (QED) is 0.797. The fourth-order valence-electron chi connectivity index (χ4n) is 2.15. The first-order valence-electron chi connectivity index (χ1n) is 7.22. The molecule has 0 aromatic carbocycles. The van der Waals surface area contributed by atoms with Crippen molar-refractivity contribution < 1.29 is 4.79 Å². The lowest BCUT2D eigenvalue weighted by Gasteiger charge is -2.31. The molecule has 0 fully saturated rings. The summed E-state index contributed by atoms with van der Waals surface area (Å²) in [6, 6.07) is 4.15. The van der Waals surface area contributed by atoms with Crippen molar-refractivity contribution in [2.45, 2.75) is 51.8 Å². The standard InChI is InChI=1S/C16H26N2OS/c1-6-14(13-8-10-17-11-9-13)18(7-2)15(19)12-20-16(3,4)5/h8-11,14H,6-7,12H2,1-5H3/t14-/m0/s1. The average Bonchev–Trinajstić information content (AvgIpc) is 2.42. The van der Waals surface area contributed by atoms with Gasteiger partial charge in [-0.15, -0.1) is 11.8 Å². The van der Waals surface area contributed by atoms with E-state index in [1.54, 1.807) is 24.2 Å². The number of rotatable bonds is 6. The van der Waals surface area contributed by atoms with Gasteiger partial charge >= 0.3 is 0 Å². The summed E-state index contributed by atoms with van der Waals surface area (Å²) in [5.74, 6) is 0.759. The Hall–Kier alpha value is -1.03. The van der Waals surface area contributed by atoms with Gasteiger partial charge in [-0.1, -0.05) is 27.7 Å². The van der Waals surface area contributed by atoms with Crippen molar-refractivity contribution in [2.24, 2.45) is 0 Å². The van der Waals surface area contributed by atoms with Crippen molar-refractivity contribution in [3.8, 4) is 0 Å². The second kappa shape index (κ2) is 7.67. The maximum Gasteiger partial charge on any atom is 0.233 e. The summed E-state index contributed by atoms with van der Waals surface area (Å²) in [5.41, 5.74) is 1.17. The van der Waals surface area contributed by atoms with Crippen LogP contribution in [0.4, 0.5) is 0 Å². The van der Waals surface area contributed by atoms with Crippen LogP contribution in [-0.2, 0) is 4.79 Å². The van der Waals surface area contributed by atoms with E-state index >= 15 is 0 Å². The molecule has 0 unspecified atom stereocenters. The molecule has 4 heteroatoms. The number of pyridine rings is 1. The van der Waals surface area contributed by atoms with Crippen LogP contribution in [0.5, 0.6) is 0 Å².